The Labute approximate surface area is 267 Å². The zero-order valence-electron chi connectivity index (χ0n) is 25.6. The minimum Gasteiger partial charge on any atom is -0.324 e. The van der Waals surface area contributed by atoms with Gasteiger partial charge >= 0.3 is 0 Å². The molecule has 1 aliphatic heterocycles. The van der Waals surface area contributed by atoms with Gasteiger partial charge < -0.3 is 16.0 Å². The van der Waals surface area contributed by atoms with E-state index in [9.17, 15) is 22.0 Å². The van der Waals surface area contributed by atoms with Gasteiger partial charge in [0.05, 0.1) is 10.9 Å². The summed E-state index contributed by atoms with van der Waals surface area (Å²) in [6.07, 6.45) is 0.432. The van der Waals surface area contributed by atoms with Crippen molar-refractivity contribution in [1.29, 1.82) is 0 Å². The molecule has 46 heavy (non-hydrogen) atoms. The Morgan fingerprint density at radius 2 is 1.52 bits per heavy atom. The maximum Gasteiger partial charge on any atom is 0.243 e. The lowest BCUT2D eigenvalue weighted by molar-refractivity contribution is -0.118. The molecule has 1 heterocycles. The van der Waals surface area contributed by atoms with E-state index in [0.717, 1.165) is 0 Å². The molecule has 1 fully saturated rings. The van der Waals surface area contributed by atoms with Gasteiger partial charge in [0.15, 0.2) is 0 Å². The summed E-state index contributed by atoms with van der Waals surface area (Å²) in [6, 6.07) is 22.3. The molecule has 11 heteroatoms. The first-order valence-corrected chi connectivity index (χ1v) is 16.6. The minimum absolute atomic E-state index is 0.142. The molecule has 3 unspecified atom stereocenters. The summed E-state index contributed by atoms with van der Waals surface area (Å²) < 4.78 is 72.8. The largest absolute Gasteiger partial charge is 0.324 e. The first-order valence-electron chi connectivity index (χ1n) is 15.2. The van der Waals surface area contributed by atoms with Crippen LogP contribution in [0.2, 0.25) is 0 Å². The molecule has 0 saturated carbocycles. The number of nitrogens with zero attached hydrogens (tertiary/aromatic N) is 1. The van der Waals surface area contributed by atoms with Crippen molar-refractivity contribution >= 4 is 21.6 Å². The van der Waals surface area contributed by atoms with Crippen LogP contribution < -0.4 is 16.0 Å². The highest BCUT2D eigenvalue weighted by Crippen LogP contribution is 2.32. The van der Waals surface area contributed by atoms with Crippen LogP contribution >= 0.6 is 0 Å². The van der Waals surface area contributed by atoms with Gasteiger partial charge in [-0.05, 0) is 86.5 Å². The molecule has 4 aromatic rings. The quantitative estimate of drug-likeness (QED) is 0.201. The number of carbonyl (C=O) groups is 1. The van der Waals surface area contributed by atoms with Crippen molar-refractivity contribution in [3.63, 3.8) is 0 Å². The summed E-state index contributed by atoms with van der Waals surface area (Å²) in [6.45, 7) is 2.70. The van der Waals surface area contributed by atoms with E-state index in [1.165, 1.54) is 52.8 Å². The zero-order valence-corrected chi connectivity index (χ0v) is 26.4. The average Bonchev–Trinajstić information content (AvgIpc) is 3.03. The van der Waals surface area contributed by atoms with Crippen molar-refractivity contribution in [2.75, 3.05) is 25.5 Å². The minimum atomic E-state index is -3.82. The molecular weight excluding hydrogens is 613 g/mol. The van der Waals surface area contributed by atoms with Crippen LogP contribution in [0.3, 0.4) is 0 Å². The highest BCUT2D eigenvalue weighted by atomic mass is 32.2. The van der Waals surface area contributed by atoms with E-state index >= 15 is 4.39 Å². The van der Waals surface area contributed by atoms with Gasteiger partial charge in [0.1, 0.15) is 17.5 Å². The molecule has 3 atom stereocenters. The number of hydrogen-bond donors (Lipinski definition) is 3. The van der Waals surface area contributed by atoms with Gasteiger partial charge in [0.25, 0.3) is 0 Å². The van der Waals surface area contributed by atoms with Gasteiger partial charge in [-0.3, -0.25) is 4.79 Å². The van der Waals surface area contributed by atoms with Crippen LogP contribution in [0.5, 0.6) is 0 Å². The topological polar surface area (TPSA) is 90.5 Å². The predicted molar refractivity (Wildman–Crippen MR) is 172 cm³/mol. The lowest BCUT2D eigenvalue weighted by atomic mass is 9.84. The number of nitrogens with one attached hydrogen (secondary N) is 3. The summed E-state index contributed by atoms with van der Waals surface area (Å²) in [4.78, 5) is 14.1. The molecule has 1 aliphatic rings. The summed E-state index contributed by atoms with van der Waals surface area (Å²) in [7, 11) is -2.25. The summed E-state index contributed by atoms with van der Waals surface area (Å²) >= 11 is 0. The molecule has 0 spiro atoms. The molecule has 1 saturated heterocycles. The molecular formula is C35H37F3N4O3S. The van der Waals surface area contributed by atoms with E-state index in [-0.39, 0.29) is 35.0 Å². The molecule has 0 aromatic heterocycles. The molecule has 0 aliphatic carbocycles. The van der Waals surface area contributed by atoms with Crippen LogP contribution in [0.25, 0.3) is 0 Å². The number of amides is 1. The number of hydrogen-bond acceptors (Lipinski definition) is 5. The van der Waals surface area contributed by atoms with Gasteiger partial charge in [0.2, 0.25) is 15.9 Å². The summed E-state index contributed by atoms with van der Waals surface area (Å²) in [5.74, 6) is -2.86. The highest BCUT2D eigenvalue weighted by molar-refractivity contribution is 7.89. The number of anilines is 1. The van der Waals surface area contributed by atoms with Crippen molar-refractivity contribution in [2.24, 2.45) is 0 Å². The molecule has 7 nitrogen and oxygen atoms in total. The van der Waals surface area contributed by atoms with Crippen LogP contribution in [0.15, 0.2) is 102 Å². The zero-order chi connectivity index (χ0) is 32.8. The third-order valence-corrected chi connectivity index (χ3v) is 10.5. The van der Waals surface area contributed by atoms with Crippen LogP contribution in [-0.4, -0.2) is 56.9 Å². The monoisotopic (exact) mass is 650 g/mol. The fourth-order valence-electron chi connectivity index (χ4n) is 6.25. The van der Waals surface area contributed by atoms with Crippen LogP contribution in [0.1, 0.15) is 36.0 Å². The number of rotatable bonds is 11. The maximum absolute atomic E-state index is 15.4. The van der Waals surface area contributed by atoms with Crippen molar-refractivity contribution in [1.82, 2.24) is 14.9 Å². The lowest BCUT2D eigenvalue weighted by Crippen LogP contribution is -2.58. The summed E-state index contributed by atoms with van der Waals surface area (Å²) in [5.41, 5.74) is 1.38. The van der Waals surface area contributed by atoms with E-state index in [1.807, 2.05) is 6.92 Å². The molecule has 242 valence electrons. The van der Waals surface area contributed by atoms with Crippen molar-refractivity contribution in [3.05, 3.63) is 131 Å². The van der Waals surface area contributed by atoms with Crippen LogP contribution in [0.4, 0.5) is 18.9 Å². The molecule has 4 aromatic carbocycles. The third-order valence-electron chi connectivity index (χ3n) is 8.38. The van der Waals surface area contributed by atoms with E-state index in [4.69, 9.17) is 0 Å². The van der Waals surface area contributed by atoms with Crippen LogP contribution in [0, 0.1) is 17.5 Å². The maximum atomic E-state index is 15.4. The van der Waals surface area contributed by atoms with Crippen molar-refractivity contribution in [2.45, 2.75) is 48.7 Å². The summed E-state index contributed by atoms with van der Waals surface area (Å²) in [5, 5.41) is 9.10. The molecule has 0 bridgehead atoms. The number of sulfonamides is 1. The number of halogens is 3. The van der Waals surface area contributed by atoms with Gasteiger partial charge in [-0.2, -0.15) is 4.31 Å². The second-order valence-electron chi connectivity index (χ2n) is 11.5. The van der Waals surface area contributed by atoms with Gasteiger partial charge in [-0.1, -0.05) is 48.5 Å². The molecule has 5 rings (SSSR count). The first kappa shape index (κ1) is 33.3. The van der Waals surface area contributed by atoms with E-state index in [2.05, 4.69) is 16.0 Å². The second kappa shape index (κ2) is 14.6. The fourth-order valence-corrected chi connectivity index (χ4v) is 8.12. The Bertz CT molecular complexity index is 1730. The van der Waals surface area contributed by atoms with E-state index in [0.29, 0.717) is 24.2 Å². The Hall–Kier alpha value is -4.03. The second-order valence-corrected chi connectivity index (χ2v) is 13.3. The smallest absolute Gasteiger partial charge is 0.243 e. The SMILES string of the molecule is CNC(C(=O)Nc1cccc(F)c1CCC1CNCC(C)N1S(=O)(=O)c1ccccc1)C(c1cccc(F)c1)c1cccc(F)c1. The fraction of sp³-hybridized carbons (Fsp3) is 0.286. The Morgan fingerprint density at radius 1 is 0.891 bits per heavy atom. The van der Waals surface area contributed by atoms with Crippen molar-refractivity contribution < 1.29 is 26.4 Å². The lowest BCUT2D eigenvalue weighted by Gasteiger charge is -2.40. The highest BCUT2D eigenvalue weighted by Gasteiger charge is 2.38. The Kier molecular flexibility index (Phi) is 10.6. The standard InChI is InChI=1S/C35H37F3N4O3S/c1-23-21-40-22-28(42(23)46(44,45)29-13-4-3-5-14-29)17-18-30-31(38)15-8-16-32(30)41-35(43)34(39-2)33(24-9-6-11-26(36)19-24)25-10-7-12-27(37)20-25/h3-16,19-20,23,28,33-34,39-40H,17-18,21-22H2,1-2H3,(H,41,43). The molecule has 3 N–H and O–H groups in total. The first-order chi connectivity index (χ1) is 22.1. The number of benzene rings is 4. The van der Waals surface area contributed by atoms with Gasteiger partial charge in [-0.25, -0.2) is 21.6 Å². The van der Waals surface area contributed by atoms with Crippen LogP contribution in [-0.2, 0) is 21.2 Å². The number of carbonyl (C=O) groups excluding carboxylic acids is 1. The van der Waals surface area contributed by atoms with E-state index in [1.54, 1.807) is 55.6 Å². The molecule has 1 amide bonds. The van der Waals surface area contributed by atoms with Gasteiger partial charge in [0, 0.05) is 42.3 Å². The van der Waals surface area contributed by atoms with Gasteiger partial charge in [-0.15, -0.1) is 0 Å². The average molecular weight is 651 g/mol. The predicted octanol–water partition coefficient (Wildman–Crippen LogP) is 5.45. The van der Waals surface area contributed by atoms with Crippen molar-refractivity contribution in [3.8, 4) is 0 Å². The number of likely N-dealkylation sites (N-methyl/N-ethyl adjacent to an activating group) is 1. The third kappa shape index (κ3) is 7.33. The number of piperazine rings is 1. The molecule has 0 radical (unpaired) electrons. The van der Waals surface area contributed by atoms with E-state index < -0.39 is 51.4 Å². The Morgan fingerprint density at radius 3 is 2.13 bits per heavy atom. The Balaban J connectivity index is 1.41. The normalized spacial score (nSPS) is 18.0.